The molecule has 2 aliphatic rings. The van der Waals surface area contributed by atoms with Gasteiger partial charge in [-0.3, -0.25) is 9.59 Å². The van der Waals surface area contributed by atoms with Crippen LogP contribution >= 0.6 is 0 Å². The van der Waals surface area contributed by atoms with Crippen LogP contribution in [-0.4, -0.2) is 31.4 Å². The normalized spacial score (nSPS) is 16.9. The number of carbonyl (C=O) groups excluding carboxylic acids is 2. The molecule has 2 aromatic rings. The average Bonchev–Trinajstić information content (AvgIpc) is 3.41. The SMILES string of the molecule is CCNC(=O)C(c1ccccc1)C1CCN(c2ccc(NC(=O)C3=CCCC3)cc2C#N)CC1. The maximum absolute atomic E-state index is 12.9. The van der Waals surface area contributed by atoms with Crippen molar-refractivity contribution in [2.75, 3.05) is 29.9 Å². The summed E-state index contributed by atoms with van der Waals surface area (Å²) in [6.07, 6.45) is 6.51. The van der Waals surface area contributed by atoms with Gasteiger partial charge in [0.1, 0.15) is 6.07 Å². The van der Waals surface area contributed by atoms with E-state index in [0.29, 0.717) is 17.8 Å². The standard InChI is InChI=1S/C28H32N4O2/c1-2-30-28(34)26(20-8-4-3-5-9-20)21-14-16-32(17-15-21)25-13-12-24(18-23(25)19-29)31-27(33)22-10-6-7-11-22/h3-5,8-10,12-13,18,21,26H,2,6-7,11,14-17H2,1H3,(H,30,34)(H,31,33). The zero-order valence-electron chi connectivity index (χ0n) is 19.7. The molecule has 1 unspecified atom stereocenters. The Hall–Kier alpha value is -3.59. The average molecular weight is 457 g/mol. The van der Waals surface area contributed by atoms with E-state index in [0.717, 1.165) is 62.0 Å². The molecule has 0 saturated carbocycles. The molecule has 0 spiro atoms. The van der Waals surface area contributed by atoms with Gasteiger partial charge in [0.2, 0.25) is 5.91 Å². The van der Waals surface area contributed by atoms with Crippen LogP contribution in [0.4, 0.5) is 11.4 Å². The van der Waals surface area contributed by atoms with Crippen molar-refractivity contribution >= 4 is 23.2 Å². The monoisotopic (exact) mass is 456 g/mol. The Bertz CT molecular complexity index is 1100. The highest BCUT2D eigenvalue weighted by atomic mass is 16.2. The van der Waals surface area contributed by atoms with E-state index >= 15 is 0 Å². The Kier molecular flexibility index (Phi) is 7.64. The van der Waals surface area contributed by atoms with Crippen molar-refractivity contribution < 1.29 is 9.59 Å². The molecule has 6 heteroatoms. The molecule has 176 valence electrons. The van der Waals surface area contributed by atoms with Crippen molar-refractivity contribution in [2.45, 2.75) is 44.9 Å². The van der Waals surface area contributed by atoms with Gasteiger partial charge in [-0.05, 0) is 68.7 Å². The molecule has 1 aliphatic carbocycles. The lowest BCUT2D eigenvalue weighted by Crippen LogP contribution is -2.40. The molecule has 2 aromatic carbocycles. The number of allylic oxidation sites excluding steroid dienone is 1. The van der Waals surface area contributed by atoms with E-state index in [1.165, 1.54) is 0 Å². The first kappa shape index (κ1) is 23.6. The van der Waals surface area contributed by atoms with E-state index in [9.17, 15) is 14.9 Å². The first-order valence-corrected chi connectivity index (χ1v) is 12.2. The van der Waals surface area contributed by atoms with Crippen molar-refractivity contribution in [1.82, 2.24) is 5.32 Å². The van der Waals surface area contributed by atoms with E-state index in [2.05, 4.69) is 21.6 Å². The van der Waals surface area contributed by atoms with Gasteiger partial charge < -0.3 is 15.5 Å². The van der Waals surface area contributed by atoms with E-state index < -0.39 is 0 Å². The molecule has 0 bridgehead atoms. The highest BCUT2D eigenvalue weighted by Crippen LogP contribution is 2.36. The highest BCUT2D eigenvalue weighted by Gasteiger charge is 2.33. The van der Waals surface area contributed by atoms with Crippen molar-refractivity contribution in [3.63, 3.8) is 0 Å². The number of nitriles is 1. The van der Waals surface area contributed by atoms with Crippen LogP contribution in [0.5, 0.6) is 0 Å². The molecule has 1 atom stereocenters. The van der Waals surface area contributed by atoms with Crippen LogP contribution in [0.15, 0.2) is 60.2 Å². The second-order valence-electron chi connectivity index (χ2n) is 9.03. The number of carbonyl (C=O) groups is 2. The Morgan fingerprint density at radius 2 is 1.91 bits per heavy atom. The first-order valence-electron chi connectivity index (χ1n) is 12.2. The fourth-order valence-electron chi connectivity index (χ4n) is 5.12. The molecule has 2 N–H and O–H groups in total. The molecule has 0 radical (unpaired) electrons. The van der Waals surface area contributed by atoms with Crippen molar-refractivity contribution in [3.05, 3.63) is 71.3 Å². The number of hydrogen-bond donors (Lipinski definition) is 2. The third-order valence-corrected chi connectivity index (χ3v) is 6.85. The second-order valence-corrected chi connectivity index (χ2v) is 9.03. The summed E-state index contributed by atoms with van der Waals surface area (Å²) in [5, 5.41) is 15.7. The summed E-state index contributed by atoms with van der Waals surface area (Å²) in [5.74, 6) is 0.0878. The lowest BCUT2D eigenvalue weighted by atomic mass is 9.79. The van der Waals surface area contributed by atoms with Crippen LogP contribution in [0, 0.1) is 17.2 Å². The van der Waals surface area contributed by atoms with Gasteiger partial charge in [0.05, 0.1) is 17.2 Å². The number of hydrogen-bond acceptors (Lipinski definition) is 4. The molecular weight excluding hydrogens is 424 g/mol. The van der Waals surface area contributed by atoms with Crippen LogP contribution < -0.4 is 15.5 Å². The lowest BCUT2D eigenvalue weighted by molar-refractivity contribution is -0.123. The van der Waals surface area contributed by atoms with Crippen molar-refractivity contribution in [3.8, 4) is 6.07 Å². The predicted molar refractivity (Wildman–Crippen MR) is 135 cm³/mol. The van der Waals surface area contributed by atoms with Gasteiger partial charge >= 0.3 is 0 Å². The molecule has 1 fully saturated rings. The Morgan fingerprint density at radius 3 is 2.56 bits per heavy atom. The molecule has 4 rings (SSSR count). The second kappa shape index (κ2) is 11.0. The number of nitrogens with zero attached hydrogens (tertiary/aromatic N) is 2. The number of rotatable bonds is 7. The number of nitrogens with one attached hydrogen (secondary N) is 2. The largest absolute Gasteiger partial charge is 0.370 e. The van der Waals surface area contributed by atoms with E-state index in [4.69, 9.17) is 0 Å². The summed E-state index contributed by atoms with van der Waals surface area (Å²) in [6.45, 7) is 4.12. The number of piperidine rings is 1. The summed E-state index contributed by atoms with van der Waals surface area (Å²) >= 11 is 0. The minimum Gasteiger partial charge on any atom is -0.370 e. The van der Waals surface area contributed by atoms with E-state index in [1.54, 1.807) is 6.07 Å². The van der Waals surface area contributed by atoms with Gasteiger partial charge in [0, 0.05) is 30.9 Å². The van der Waals surface area contributed by atoms with E-state index in [-0.39, 0.29) is 23.7 Å². The van der Waals surface area contributed by atoms with Crippen LogP contribution in [0.3, 0.4) is 0 Å². The zero-order valence-corrected chi connectivity index (χ0v) is 19.7. The maximum atomic E-state index is 12.9. The zero-order chi connectivity index (χ0) is 23.9. The summed E-state index contributed by atoms with van der Waals surface area (Å²) in [5.41, 5.74) is 3.97. The third-order valence-electron chi connectivity index (χ3n) is 6.85. The molecule has 34 heavy (non-hydrogen) atoms. The predicted octanol–water partition coefficient (Wildman–Crippen LogP) is 4.74. The van der Waals surface area contributed by atoms with Crippen LogP contribution in [0.25, 0.3) is 0 Å². The summed E-state index contributed by atoms with van der Waals surface area (Å²) in [6, 6.07) is 17.9. The van der Waals surface area contributed by atoms with Gasteiger partial charge in [-0.25, -0.2) is 0 Å². The first-order chi connectivity index (χ1) is 16.6. The summed E-state index contributed by atoms with van der Waals surface area (Å²) < 4.78 is 0. The van der Waals surface area contributed by atoms with Crippen LogP contribution in [0.2, 0.25) is 0 Å². The van der Waals surface area contributed by atoms with Gasteiger partial charge in [0.25, 0.3) is 5.91 Å². The number of amides is 2. The van der Waals surface area contributed by atoms with Gasteiger partial charge in [0.15, 0.2) is 0 Å². The van der Waals surface area contributed by atoms with Crippen molar-refractivity contribution in [2.24, 2.45) is 5.92 Å². The van der Waals surface area contributed by atoms with Gasteiger partial charge in [-0.1, -0.05) is 36.4 Å². The van der Waals surface area contributed by atoms with Gasteiger partial charge in [-0.2, -0.15) is 5.26 Å². The Morgan fingerprint density at radius 1 is 1.15 bits per heavy atom. The van der Waals surface area contributed by atoms with Gasteiger partial charge in [-0.15, -0.1) is 0 Å². The smallest absolute Gasteiger partial charge is 0.251 e. The Balaban J connectivity index is 1.45. The van der Waals surface area contributed by atoms with Crippen LogP contribution in [-0.2, 0) is 9.59 Å². The van der Waals surface area contributed by atoms with Crippen molar-refractivity contribution in [1.29, 1.82) is 5.26 Å². The fraction of sp³-hybridized carbons (Fsp3) is 0.393. The molecule has 2 amide bonds. The molecule has 1 aliphatic heterocycles. The lowest BCUT2D eigenvalue weighted by Gasteiger charge is -2.37. The molecular formula is C28H32N4O2. The fourth-order valence-corrected chi connectivity index (χ4v) is 5.12. The van der Waals surface area contributed by atoms with E-state index in [1.807, 2.05) is 55.5 Å². The summed E-state index contributed by atoms with van der Waals surface area (Å²) in [4.78, 5) is 27.5. The molecule has 6 nitrogen and oxygen atoms in total. The minimum absolute atomic E-state index is 0.0766. The molecule has 1 saturated heterocycles. The minimum atomic E-state index is -0.166. The highest BCUT2D eigenvalue weighted by molar-refractivity contribution is 6.04. The third kappa shape index (κ3) is 5.31. The summed E-state index contributed by atoms with van der Waals surface area (Å²) in [7, 11) is 0. The van der Waals surface area contributed by atoms with Crippen LogP contribution in [0.1, 0.15) is 56.1 Å². The maximum Gasteiger partial charge on any atom is 0.251 e. The molecule has 0 aromatic heterocycles. The Labute approximate surface area is 201 Å². The number of anilines is 2. The number of likely N-dealkylation sites (N-methyl/N-ethyl adjacent to an activating group) is 1. The molecule has 1 heterocycles. The topological polar surface area (TPSA) is 85.2 Å². The number of benzene rings is 2. The quantitative estimate of drug-likeness (QED) is 0.630.